The van der Waals surface area contributed by atoms with E-state index >= 15 is 0 Å². The predicted molar refractivity (Wildman–Crippen MR) is 126 cm³/mol. The van der Waals surface area contributed by atoms with Crippen LogP contribution in [-0.4, -0.2) is 29.7 Å². The number of methoxy groups -OCH3 is 1. The van der Waals surface area contributed by atoms with E-state index in [-0.39, 0.29) is 5.91 Å². The summed E-state index contributed by atoms with van der Waals surface area (Å²) < 4.78 is 5.44. The standard InChI is InChI=1S/C23H25N3O3S2/c1-13-12-19(26-21-14(13)7-5-8-16(21)29-2)30-11-10-18(27)25-23-20(22(24)28)15-6-3-4-9-17(15)31-23/h5,7-8,12H,3-4,6,9-11H2,1-2H3,(H2,24,28)(H,25,27). The van der Waals surface area contributed by atoms with Crippen LogP contribution in [0.4, 0.5) is 5.00 Å². The van der Waals surface area contributed by atoms with Gasteiger partial charge in [-0.2, -0.15) is 0 Å². The lowest BCUT2D eigenvalue weighted by Crippen LogP contribution is -2.18. The van der Waals surface area contributed by atoms with Gasteiger partial charge in [-0.3, -0.25) is 9.59 Å². The van der Waals surface area contributed by atoms with E-state index in [4.69, 9.17) is 15.5 Å². The third-order valence-corrected chi connectivity index (χ3v) is 7.58. The van der Waals surface area contributed by atoms with E-state index in [1.54, 1.807) is 7.11 Å². The van der Waals surface area contributed by atoms with Gasteiger partial charge in [-0.25, -0.2) is 4.98 Å². The summed E-state index contributed by atoms with van der Waals surface area (Å²) in [4.78, 5) is 30.4. The van der Waals surface area contributed by atoms with Crippen LogP contribution in [-0.2, 0) is 17.6 Å². The number of thioether (sulfide) groups is 1. The first-order valence-electron chi connectivity index (χ1n) is 10.3. The molecule has 3 aromatic rings. The normalized spacial score (nSPS) is 13.1. The molecule has 0 atom stereocenters. The molecule has 1 aliphatic rings. The third kappa shape index (κ3) is 4.55. The Labute approximate surface area is 189 Å². The highest BCUT2D eigenvalue weighted by atomic mass is 32.2. The van der Waals surface area contributed by atoms with Gasteiger partial charge in [0.05, 0.1) is 17.7 Å². The lowest BCUT2D eigenvalue weighted by molar-refractivity contribution is -0.115. The minimum absolute atomic E-state index is 0.122. The number of aromatic nitrogens is 1. The average molecular weight is 456 g/mol. The number of nitrogens with zero attached hydrogens (tertiary/aromatic N) is 1. The Morgan fingerprint density at radius 2 is 2.10 bits per heavy atom. The summed E-state index contributed by atoms with van der Waals surface area (Å²) in [6, 6.07) is 7.91. The van der Waals surface area contributed by atoms with E-state index in [1.807, 2.05) is 31.2 Å². The van der Waals surface area contributed by atoms with Crippen molar-refractivity contribution in [2.75, 3.05) is 18.2 Å². The van der Waals surface area contributed by atoms with E-state index in [9.17, 15) is 9.59 Å². The van der Waals surface area contributed by atoms with Crippen LogP contribution in [0.2, 0.25) is 0 Å². The van der Waals surface area contributed by atoms with Gasteiger partial charge < -0.3 is 15.8 Å². The molecule has 0 aliphatic heterocycles. The number of hydrogen-bond donors (Lipinski definition) is 2. The molecule has 2 amide bonds. The number of thiophene rings is 1. The van der Waals surface area contributed by atoms with Crippen molar-refractivity contribution < 1.29 is 14.3 Å². The second-order valence-electron chi connectivity index (χ2n) is 7.56. The van der Waals surface area contributed by atoms with Gasteiger partial charge in [-0.05, 0) is 55.9 Å². The fraction of sp³-hybridized carbons (Fsp3) is 0.348. The quantitative estimate of drug-likeness (QED) is 0.503. The van der Waals surface area contributed by atoms with Crippen LogP contribution < -0.4 is 15.8 Å². The van der Waals surface area contributed by atoms with E-state index in [0.717, 1.165) is 58.5 Å². The molecule has 4 rings (SSSR count). The summed E-state index contributed by atoms with van der Waals surface area (Å²) in [5.74, 6) is 0.731. The Bertz CT molecular complexity index is 1160. The lowest BCUT2D eigenvalue weighted by Gasteiger charge is -2.11. The third-order valence-electron chi connectivity index (χ3n) is 5.46. The number of pyridine rings is 1. The summed E-state index contributed by atoms with van der Waals surface area (Å²) in [5.41, 5.74) is 9.08. The fourth-order valence-electron chi connectivity index (χ4n) is 3.95. The van der Waals surface area contributed by atoms with Gasteiger partial charge in [-0.15, -0.1) is 23.1 Å². The summed E-state index contributed by atoms with van der Waals surface area (Å²) in [6.45, 7) is 2.05. The number of fused-ring (bicyclic) bond motifs is 2. The van der Waals surface area contributed by atoms with Gasteiger partial charge in [0.25, 0.3) is 5.91 Å². The molecule has 162 valence electrons. The van der Waals surface area contributed by atoms with Gasteiger partial charge in [0, 0.05) is 22.4 Å². The number of carbonyl (C=O) groups excluding carboxylic acids is 2. The van der Waals surface area contributed by atoms with Crippen molar-refractivity contribution in [3.63, 3.8) is 0 Å². The monoisotopic (exact) mass is 455 g/mol. The largest absolute Gasteiger partial charge is 0.494 e. The molecule has 1 aromatic carbocycles. The van der Waals surface area contributed by atoms with Crippen LogP contribution in [0, 0.1) is 6.92 Å². The molecule has 0 spiro atoms. The topological polar surface area (TPSA) is 94.3 Å². The first kappa shape index (κ1) is 21.6. The van der Waals surface area contributed by atoms with Crippen molar-refractivity contribution in [3.05, 3.63) is 45.8 Å². The van der Waals surface area contributed by atoms with Crippen LogP contribution >= 0.6 is 23.1 Å². The molecule has 2 aromatic heterocycles. The Morgan fingerprint density at radius 1 is 1.29 bits per heavy atom. The number of ether oxygens (including phenoxy) is 1. The zero-order chi connectivity index (χ0) is 22.0. The number of carbonyl (C=O) groups is 2. The molecule has 1 aliphatic carbocycles. The molecule has 0 bridgehead atoms. The number of hydrogen-bond acceptors (Lipinski definition) is 6. The number of primary amides is 1. The zero-order valence-electron chi connectivity index (χ0n) is 17.6. The van der Waals surface area contributed by atoms with E-state index in [2.05, 4.69) is 5.32 Å². The number of aryl methyl sites for hydroxylation is 2. The highest BCUT2D eigenvalue weighted by molar-refractivity contribution is 7.99. The van der Waals surface area contributed by atoms with E-state index in [1.165, 1.54) is 28.0 Å². The number of nitrogens with one attached hydrogen (secondary N) is 1. The number of amides is 2. The Hall–Kier alpha value is -2.58. The van der Waals surface area contributed by atoms with Gasteiger partial charge in [-0.1, -0.05) is 12.1 Å². The average Bonchev–Trinajstić information content (AvgIpc) is 3.11. The Balaban J connectivity index is 1.42. The highest BCUT2D eigenvalue weighted by Crippen LogP contribution is 2.38. The van der Waals surface area contributed by atoms with Crippen molar-refractivity contribution in [2.24, 2.45) is 5.73 Å². The van der Waals surface area contributed by atoms with Gasteiger partial charge >= 0.3 is 0 Å². The number of nitrogens with two attached hydrogens (primary N) is 1. The maximum absolute atomic E-state index is 12.6. The van der Waals surface area contributed by atoms with Crippen LogP contribution in [0.3, 0.4) is 0 Å². The van der Waals surface area contributed by atoms with Crippen molar-refractivity contribution >= 4 is 50.8 Å². The molecule has 0 radical (unpaired) electrons. The maximum Gasteiger partial charge on any atom is 0.251 e. The molecule has 8 heteroatoms. The molecule has 31 heavy (non-hydrogen) atoms. The number of benzene rings is 1. The highest BCUT2D eigenvalue weighted by Gasteiger charge is 2.24. The number of para-hydroxylation sites is 1. The fourth-order valence-corrected chi connectivity index (χ4v) is 6.18. The van der Waals surface area contributed by atoms with Crippen molar-refractivity contribution in [1.29, 1.82) is 0 Å². The Morgan fingerprint density at radius 3 is 2.87 bits per heavy atom. The first-order valence-corrected chi connectivity index (χ1v) is 12.1. The van der Waals surface area contributed by atoms with Crippen LogP contribution in [0.5, 0.6) is 5.75 Å². The minimum Gasteiger partial charge on any atom is -0.494 e. The summed E-state index contributed by atoms with van der Waals surface area (Å²) in [7, 11) is 1.64. The van der Waals surface area contributed by atoms with Gasteiger partial charge in [0.1, 0.15) is 16.3 Å². The van der Waals surface area contributed by atoms with E-state index < -0.39 is 5.91 Å². The number of anilines is 1. The smallest absolute Gasteiger partial charge is 0.251 e. The second-order valence-corrected chi connectivity index (χ2v) is 9.78. The first-order chi connectivity index (χ1) is 15.0. The lowest BCUT2D eigenvalue weighted by atomic mass is 9.95. The minimum atomic E-state index is -0.464. The van der Waals surface area contributed by atoms with Crippen molar-refractivity contribution in [2.45, 2.75) is 44.1 Å². The number of rotatable bonds is 7. The molecule has 3 N–H and O–H groups in total. The van der Waals surface area contributed by atoms with Crippen LogP contribution in [0.1, 0.15) is 45.6 Å². The maximum atomic E-state index is 12.6. The summed E-state index contributed by atoms with van der Waals surface area (Å²) >= 11 is 3.02. The molecular formula is C23H25N3O3S2. The SMILES string of the molecule is COc1cccc2c(C)cc(SCCC(=O)Nc3sc4c(c3C(N)=O)CCCC4)nc12. The molecule has 6 nitrogen and oxygen atoms in total. The van der Waals surface area contributed by atoms with Gasteiger partial charge in [0.15, 0.2) is 0 Å². The van der Waals surface area contributed by atoms with Crippen LogP contribution in [0.25, 0.3) is 10.9 Å². The van der Waals surface area contributed by atoms with Crippen molar-refractivity contribution in [3.8, 4) is 5.75 Å². The summed E-state index contributed by atoms with van der Waals surface area (Å²) in [6.07, 6.45) is 4.28. The van der Waals surface area contributed by atoms with Gasteiger partial charge in [0.2, 0.25) is 5.91 Å². The second kappa shape index (κ2) is 9.28. The molecule has 0 saturated carbocycles. The Kier molecular flexibility index (Phi) is 6.48. The summed E-state index contributed by atoms with van der Waals surface area (Å²) in [5, 5.41) is 5.43. The van der Waals surface area contributed by atoms with Crippen LogP contribution in [0.15, 0.2) is 29.3 Å². The molecule has 0 unspecified atom stereocenters. The molecule has 0 saturated heterocycles. The molecule has 0 fully saturated rings. The van der Waals surface area contributed by atoms with E-state index in [0.29, 0.717) is 22.7 Å². The predicted octanol–water partition coefficient (Wildman–Crippen LogP) is 4.71. The van der Waals surface area contributed by atoms with Crippen molar-refractivity contribution in [1.82, 2.24) is 4.98 Å². The molecule has 2 heterocycles. The zero-order valence-corrected chi connectivity index (χ0v) is 19.3. The molecular weight excluding hydrogens is 430 g/mol.